The molecular weight excluding hydrogens is 362 g/mol. The number of unbranched alkanes of at least 4 members (excludes halogenated alkanes) is 10. The molecule has 1 fully saturated rings. The number of ether oxygens (including phenoxy) is 2. The monoisotopic (exact) mass is 403 g/mol. The highest BCUT2D eigenvalue weighted by Crippen LogP contribution is 2.25. The molecule has 0 bridgehead atoms. The second-order valence-electron chi connectivity index (χ2n) is 8.28. The van der Waals surface area contributed by atoms with E-state index in [9.17, 15) is 4.79 Å². The van der Waals surface area contributed by atoms with Crippen molar-refractivity contribution >= 4 is 11.6 Å². The summed E-state index contributed by atoms with van der Waals surface area (Å²) in [6.45, 7) is 3.64. The lowest BCUT2D eigenvalue weighted by molar-refractivity contribution is -0.116. The minimum absolute atomic E-state index is 0.0779. The molecule has 1 aliphatic heterocycles. The molecule has 29 heavy (non-hydrogen) atoms. The number of anilines is 1. The molecule has 0 saturated carbocycles. The molecule has 4 nitrogen and oxygen atoms in total. The molecule has 2 rings (SSSR count). The Labute approximate surface area is 177 Å². The third-order valence-electron chi connectivity index (χ3n) is 5.62. The number of rotatable bonds is 16. The first-order chi connectivity index (χ1) is 14.3. The number of hydrogen-bond donors (Lipinski definition) is 1. The van der Waals surface area contributed by atoms with Crippen LogP contribution in [0.3, 0.4) is 0 Å². The van der Waals surface area contributed by atoms with E-state index in [2.05, 4.69) is 12.2 Å². The molecule has 1 aromatic carbocycles. The normalized spacial score (nSPS) is 16.1. The molecule has 1 heterocycles. The maximum atomic E-state index is 12.3. The van der Waals surface area contributed by atoms with Crippen molar-refractivity contribution < 1.29 is 14.3 Å². The Hall–Kier alpha value is -1.55. The van der Waals surface area contributed by atoms with E-state index in [0.717, 1.165) is 43.7 Å². The smallest absolute Gasteiger partial charge is 0.224 e. The van der Waals surface area contributed by atoms with Gasteiger partial charge in [0, 0.05) is 13.0 Å². The maximum absolute atomic E-state index is 12.3. The second kappa shape index (κ2) is 15.3. The van der Waals surface area contributed by atoms with Crippen LogP contribution >= 0.6 is 0 Å². The zero-order chi connectivity index (χ0) is 20.6. The number of benzene rings is 1. The summed E-state index contributed by atoms with van der Waals surface area (Å²) >= 11 is 0. The highest BCUT2D eigenvalue weighted by atomic mass is 16.5. The Morgan fingerprint density at radius 3 is 2.31 bits per heavy atom. The van der Waals surface area contributed by atoms with Crippen LogP contribution in [-0.2, 0) is 9.53 Å². The van der Waals surface area contributed by atoms with Crippen LogP contribution in [0.25, 0.3) is 0 Å². The number of amides is 1. The van der Waals surface area contributed by atoms with E-state index in [-0.39, 0.29) is 12.0 Å². The van der Waals surface area contributed by atoms with Crippen LogP contribution < -0.4 is 10.1 Å². The largest absolute Gasteiger partial charge is 0.489 e. The van der Waals surface area contributed by atoms with Gasteiger partial charge in [0.05, 0.1) is 11.8 Å². The molecule has 0 aromatic heterocycles. The fourth-order valence-electron chi connectivity index (χ4n) is 3.82. The number of hydrogen-bond acceptors (Lipinski definition) is 3. The third kappa shape index (κ3) is 10.7. The van der Waals surface area contributed by atoms with Gasteiger partial charge in [-0.05, 0) is 31.4 Å². The van der Waals surface area contributed by atoms with Crippen molar-refractivity contribution in [2.24, 2.45) is 0 Å². The van der Waals surface area contributed by atoms with E-state index >= 15 is 0 Å². The predicted molar refractivity (Wildman–Crippen MR) is 121 cm³/mol. The first-order valence-corrected chi connectivity index (χ1v) is 11.9. The van der Waals surface area contributed by atoms with Crippen LogP contribution in [0.1, 0.15) is 96.8 Å². The van der Waals surface area contributed by atoms with Gasteiger partial charge in [-0.2, -0.15) is 0 Å². The van der Waals surface area contributed by atoms with Crippen molar-refractivity contribution in [2.75, 3.05) is 18.5 Å². The number of para-hydroxylation sites is 2. The lowest BCUT2D eigenvalue weighted by Crippen LogP contribution is -2.18. The zero-order valence-electron chi connectivity index (χ0n) is 18.4. The Kier molecular flexibility index (Phi) is 12.5. The van der Waals surface area contributed by atoms with Gasteiger partial charge in [-0.15, -0.1) is 0 Å². The Bertz CT molecular complexity index is 555. The molecule has 1 aliphatic rings. The summed E-state index contributed by atoms with van der Waals surface area (Å²) in [5.74, 6) is 0.810. The van der Waals surface area contributed by atoms with E-state index in [1.807, 2.05) is 24.3 Å². The fourth-order valence-corrected chi connectivity index (χ4v) is 3.82. The van der Waals surface area contributed by atoms with Crippen molar-refractivity contribution in [1.29, 1.82) is 0 Å². The number of carbonyl (C=O) groups excluding carboxylic acids is 1. The summed E-state index contributed by atoms with van der Waals surface area (Å²) in [6.07, 6.45) is 17.1. The molecule has 1 aromatic rings. The van der Waals surface area contributed by atoms with Crippen LogP contribution in [0.5, 0.6) is 5.75 Å². The molecule has 1 amide bonds. The zero-order valence-corrected chi connectivity index (χ0v) is 18.4. The quantitative estimate of drug-likeness (QED) is 0.306. The second-order valence-corrected chi connectivity index (χ2v) is 8.28. The first-order valence-electron chi connectivity index (χ1n) is 11.9. The van der Waals surface area contributed by atoms with E-state index < -0.39 is 0 Å². The SMILES string of the molecule is CCCCCCCCCCCCCC(=O)Nc1ccccc1OCC1CCCO1. The van der Waals surface area contributed by atoms with E-state index in [1.165, 1.54) is 57.8 Å². The van der Waals surface area contributed by atoms with Crippen molar-refractivity contribution in [3.63, 3.8) is 0 Å². The standard InChI is InChI=1S/C25H41NO3/c1-2-3-4-5-6-7-8-9-10-11-12-19-25(27)26-23-17-13-14-18-24(23)29-21-22-16-15-20-28-22/h13-14,17-18,22H,2-12,15-16,19-21H2,1H3,(H,26,27). The summed E-state index contributed by atoms with van der Waals surface area (Å²) in [4.78, 5) is 12.3. The van der Waals surface area contributed by atoms with Gasteiger partial charge in [-0.1, -0.05) is 83.3 Å². The van der Waals surface area contributed by atoms with Gasteiger partial charge in [0.25, 0.3) is 0 Å². The van der Waals surface area contributed by atoms with E-state index in [4.69, 9.17) is 9.47 Å². The summed E-state index contributed by atoms with van der Waals surface area (Å²) in [6, 6.07) is 7.68. The van der Waals surface area contributed by atoms with Crippen LogP contribution in [0.2, 0.25) is 0 Å². The molecule has 1 atom stereocenters. The number of nitrogens with one attached hydrogen (secondary N) is 1. The Morgan fingerprint density at radius 1 is 1.00 bits per heavy atom. The molecular formula is C25H41NO3. The third-order valence-corrected chi connectivity index (χ3v) is 5.62. The van der Waals surface area contributed by atoms with Gasteiger partial charge in [-0.25, -0.2) is 0 Å². The average Bonchev–Trinajstić information content (AvgIpc) is 3.25. The molecule has 0 spiro atoms. The first kappa shape index (κ1) is 23.7. The lowest BCUT2D eigenvalue weighted by Gasteiger charge is -2.15. The maximum Gasteiger partial charge on any atom is 0.224 e. The Morgan fingerprint density at radius 2 is 1.66 bits per heavy atom. The average molecular weight is 404 g/mol. The van der Waals surface area contributed by atoms with Gasteiger partial charge < -0.3 is 14.8 Å². The molecule has 4 heteroatoms. The van der Waals surface area contributed by atoms with Crippen molar-refractivity contribution in [2.45, 2.75) is 103 Å². The van der Waals surface area contributed by atoms with Crippen molar-refractivity contribution in [3.8, 4) is 5.75 Å². The molecule has 1 saturated heterocycles. The molecule has 0 radical (unpaired) electrons. The Balaban J connectivity index is 1.53. The molecule has 1 N–H and O–H groups in total. The van der Waals surface area contributed by atoms with E-state index in [1.54, 1.807) is 0 Å². The van der Waals surface area contributed by atoms with E-state index in [0.29, 0.717) is 13.0 Å². The van der Waals surface area contributed by atoms with Gasteiger partial charge in [0.1, 0.15) is 12.4 Å². The molecule has 164 valence electrons. The molecule has 1 unspecified atom stereocenters. The van der Waals surface area contributed by atoms with Crippen LogP contribution in [0, 0.1) is 0 Å². The highest BCUT2D eigenvalue weighted by Gasteiger charge is 2.17. The summed E-state index contributed by atoms with van der Waals surface area (Å²) < 4.78 is 11.5. The highest BCUT2D eigenvalue weighted by molar-refractivity contribution is 5.92. The van der Waals surface area contributed by atoms with Gasteiger partial charge >= 0.3 is 0 Å². The van der Waals surface area contributed by atoms with Crippen LogP contribution in [0.4, 0.5) is 5.69 Å². The van der Waals surface area contributed by atoms with Crippen molar-refractivity contribution in [3.05, 3.63) is 24.3 Å². The summed E-state index contributed by atoms with van der Waals surface area (Å²) in [5, 5.41) is 3.02. The van der Waals surface area contributed by atoms with Crippen LogP contribution in [-0.4, -0.2) is 25.2 Å². The summed E-state index contributed by atoms with van der Waals surface area (Å²) in [7, 11) is 0. The minimum Gasteiger partial charge on any atom is -0.489 e. The number of carbonyl (C=O) groups is 1. The van der Waals surface area contributed by atoms with Gasteiger partial charge in [0.2, 0.25) is 5.91 Å². The predicted octanol–water partition coefficient (Wildman–Crippen LogP) is 6.88. The topological polar surface area (TPSA) is 47.6 Å². The lowest BCUT2D eigenvalue weighted by atomic mass is 10.1. The van der Waals surface area contributed by atoms with Crippen LogP contribution in [0.15, 0.2) is 24.3 Å². The molecule has 0 aliphatic carbocycles. The van der Waals surface area contributed by atoms with Gasteiger partial charge in [-0.3, -0.25) is 4.79 Å². The fraction of sp³-hybridized carbons (Fsp3) is 0.720. The summed E-state index contributed by atoms with van der Waals surface area (Å²) in [5.41, 5.74) is 0.763. The van der Waals surface area contributed by atoms with Crippen molar-refractivity contribution in [1.82, 2.24) is 0 Å². The minimum atomic E-state index is 0.0779. The van der Waals surface area contributed by atoms with Gasteiger partial charge in [0.15, 0.2) is 0 Å².